The van der Waals surface area contributed by atoms with Crippen molar-refractivity contribution < 1.29 is 9.90 Å². The first kappa shape index (κ1) is 15.2. The predicted molar refractivity (Wildman–Crippen MR) is 75.4 cm³/mol. The van der Waals surface area contributed by atoms with Crippen LogP contribution in [0.25, 0.3) is 0 Å². The van der Waals surface area contributed by atoms with E-state index in [1.54, 1.807) is 11.9 Å². The highest BCUT2D eigenvalue weighted by Gasteiger charge is 2.11. The van der Waals surface area contributed by atoms with Crippen LogP contribution >= 0.6 is 0 Å². The van der Waals surface area contributed by atoms with E-state index in [9.17, 15) is 4.79 Å². The molecule has 102 valence electrons. The largest absolute Gasteiger partial charge is 0.384 e. The van der Waals surface area contributed by atoms with E-state index < -0.39 is 0 Å². The molecule has 0 fully saturated rings. The zero-order valence-corrected chi connectivity index (χ0v) is 11.7. The molecular formula is C15H20N2O2. The zero-order valence-electron chi connectivity index (χ0n) is 11.7. The molecule has 4 heteroatoms. The summed E-state index contributed by atoms with van der Waals surface area (Å²) in [5.74, 6) is 5.60. The van der Waals surface area contributed by atoms with Crippen LogP contribution in [0.15, 0.2) is 24.3 Å². The lowest BCUT2D eigenvalue weighted by atomic mass is 10.1. The Labute approximate surface area is 114 Å². The molecule has 1 aromatic rings. The van der Waals surface area contributed by atoms with Crippen LogP contribution in [0, 0.1) is 11.8 Å². The van der Waals surface area contributed by atoms with Crippen LogP contribution in [0.5, 0.6) is 0 Å². The summed E-state index contributed by atoms with van der Waals surface area (Å²) in [6, 6.07) is 7.65. The average molecular weight is 260 g/mol. The van der Waals surface area contributed by atoms with Crippen LogP contribution in [0.4, 0.5) is 0 Å². The van der Waals surface area contributed by atoms with Crippen molar-refractivity contribution in [2.75, 3.05) is 34.3 Å². The Hall–Kier alpha value is -1.83. The zero-order chi connectivity index (χ0) is 14.3. The summed E-state index contributed by atoms with van der Waals surface area (Å²) in [6.07, 6.45) is 0. The fourth-order valence-corrected chi connectivity index (χ4v) is 1.65. The van der Waals surface area contributed by atoms with Gasteiger partial charge in [0.1, 0.15) is 6.61 Å². The third-order valence-electron chi connectivity index (χ3n) is 2.60. The lowest BCUT2D eigenvalue weighted by molar-refractivity contribution is -0.131. The van der Waals surface area contributed by atoms with Gasteiger partial charge in [0, 0.05) is 19.2 Å². The van der Waals surface area contributed by atoms with E-state index in [1.165, 1.54) is 0 Å². The maximum Gasteiger partial charge on any atom is 0.236 e. The first-order chi connectivity index (χ1) is 9.04. The molecule has 0 bridgehead atoms. The normalized spacial score (nSPS) is 9.95. The first-order valence-corrected chi connectivity index (χ1v) is 6.11. The molecule has 0 aliphatic rings. The Morgan fingerprint density at radius 2 is 1.95 bits per heavy atom. The second-order valence-electron chi connectivity index (χ2n) is 4.60. The number of likely N-dealkylation sites (N-methyl/N-ethyl adjacent to an activating group) is 2. The van der Waals surface area contributed by atoms with E-state index in [0.29, 0.717) is 13.1 Å². The number of rotatable bonds is 4. The maximum absolute atomic E-state index is 11.9. The van der Waals surface area contributed by atoms with Gasteiger partial charge in [-0.25, -0.2) is 0 Å². The van der Waals surface area contributed by atoms with Gasteiger partial charge in [0.25, 0.3) is 0 Å². The van der Waals surface area contributed by atoms with Crippen LogP contribution in [0.3, 0.4) is 0 Å². The van der Waals surface area contributed by atoms with Gasteiger partial charge in [-0.15, -0.1) is 0 Å². The van der Waals surface area contributed by atoms with Crippen LogP contribution in [0.1, 0.15) is 11.1 Å². The molecule has 0 aliphatic carbocycles. The molecule has 1 amide bonds. The third kappa shape index (κ3) is 5.12. The Morgan fingerprint density at radius 3 is 2.58 bits per heavy atom. The summed E-state index contributed by atoms with van der Waals surface area (Å²) in [5, 5.41) is 8.74. The summed E-state index contributed by atoms with van der Waals surface area (Å²) >= 11 is 0. The standard InChI is InChI=1S/C15H20N2O2/c1-16(2)12-15(19)17(3)11-14-8-5-4-7-13(14)9-6-10-18/h4-5,7-8,18H,10-12H2,1-3H3. The number of hydrogen-bond acceptors (Lipinski definition) is 3. The molecule has 1 N–H and O–H groups in total. The van der Waals surface area contributed by atoms with Crippen molar-refractivity contribution in [3.63, 3.8) is 0 Å². The maximum atomic E-state index is 11.9. The molecule has 0 radical (unpaired) electrons. The average Bonchev–Trinajstić information content (AvgIpc) is 2.36. The van der Waals surface area contributed by atoms with Gasteiger partial charge in [-0.05, 0) is 25.7 Å². The second kappa shape index (κ2) is 7.57. The number of aliphatic hydroxyl groups is 1. The molecule has 1 rings (SSSR count). The second-order valence-corrected chi connectivity index (χ2v) is 4.60. The van der Waals surface area contributed by atoms with Gasteiger partial charge in [-0.3, -0.25) is 4.79 Å². The van der Waals surface area contributed by atoms with E-state index in [1.807, 2.05) is 43.3 Å². The van der Waals surface area contributed by atoms with Gasteiger partial charge in [-0.1, -0.05) is 30.0 Å². The van der Waals surface area contributed by atoms with Gasteiger partial charge < -0.3 is 14.9 Å². The predicted octanol–water partition coefficient (Wildman–Crippen LogP) is 0.550. The van der Waals surface area contributed by atoms with Crippen molar-refractivity contribution in [2.24, 2.45) is 0 Å². The molecule has 1 aromatic carbocycles. The summed E-state index contributed by atoms with van der Waals surface area (Å²) in [4.78, 5) is 15.4. The van der Waals surface area contributed by atoms with E-state index in [-0.39, 0.29) is 12.5 Å². The number of carbonyl (C=O) groups is 1. The van der Waals surface area contributed by atoms with Gasteiger partial charge in [0.15, 0.2) is 0 Å². The summed E-state index contributed by atoms with van der Waals surface area (Å²) < 4.78 is 0. The molecule has 0 atom stereocenters. The minimum atomic E-state index is -0.163. The van der Waals surface area contributed by atoms with Crippen molar-refractivity contribution in [1.82, 2.24) is 9.80 Å². The molecule has 0 unspecified atom stereocenters. The van der Waals surface area contributed by atoms with Crippen molar-refractivity contribution in [2.45, 2.75) is 6.54 Å². The molecule has 0 saturated carbocycles. The van der Waals surface area contributed by atoms with Crippen LogP contribution < -0.4 is 0 Å². The highest BCUT2D eigenvalue weighted by atomic mass is 16.2. The Bertz CT molecular complexity index is 486. The van der Waals surface area contributed by atoms with Crippen molar-refractivity contribution in [3.8, 4) is 11.8 Å². The lowest BCUT2D eigenvalue weighted by Crippen LogP contribution is -2.34. The van der Waals surface area contributed by atoms with Gasteiger partial charge in [0.05, 0.1) is 6.54 Å². The molecule has 19 heavy (non-hydrogen) atoms. The minimum absolute atomic E-state index is 0.0647. The lowest BCUT2D eigenvalue weighted by Gasteiger charge is -2.20. The number of benzene rings is 1. The number of carbonyl (C=O) groups excluding carboxylic acids is 1. The van der Waals surface area contributed by atoms with E-state index in [4.69, 9.17) is 5.11 Å². The number of aliphatic hydroxyl groups excluding tert-OH is 1. The van der Waals surface area contributed by atoms with E-state index >= 15 is 0 Å². The van der Waals surface area contributed by atoms with Crippen LogP contribution in [-0.4, -0.2) is 55.1 Å². The Balaban J connectivity index is 2.79. The smallest absolute Gasteiger partial charge is 0.236 e. The quantitative estimate of drug-likeness (QED) is 0.804. The van der Waals surface area contributed by atoms with Crippen LogP contribution in [-0.2, 0) is 11.3 Å². The number of nitrogens with zero attached hydrogens (tertiary/aromatic N) is 2. The molecule has 0 aromatic heterocycles. The molecule has 0 spiro atoms. The highest BCUT2D eigenvalue weighted by Crippen LogP contribution is 2.10. The summed E-state index contributed by atoms with van der Waals surface area (Å²) in [7, 11) is 5.51. The van der Waals surface area contributed by atoms with E-state index in [0.717, 1.165) is 11.1 Å². The van der Waals surface area contributed by atoms with Crippen molar-refractivity contribution in [1.29, 1.82) is 0 Å². The topological polar surface area (TPSA) is 43.8 Å². The monoisotopic (exact) mass is 260 g/mol. The first-order valence-electron chi connectivity index (χ1n) is 6.11. The minimum Gasteiger partial charge on any atom is -0.384 e. The Kier molecular flexibility index (Phi) is 6.07. The SMILES string of the molecule is CN(C)CC(=O)N(C)Cc1ccccc1C#CCO. The van der Waals surface area contributed by atoms with Crippen LogP contribution in [0.2, 0.25) is 0 Å². The molecule has 0 aliphatic heterocycles. The number of amides is 1. The fourth-order valence-electron chi connectivity index (χ4n) is 1.65. The highest BCUT2D eigenvalue weighted by molar-refractivity contribution is 5.78. The molecular weight excluding hydrogens is 240 g/mol. The Morgan fingerprint density at radius 1 is 1.26 bits per heavy atom. The summed E-state index contributed by atoms with van der Waals surface area (Å²) in [5.41, 5.74) is 1.83. The summed E-state index contributed by atoms with van der Waals surface area (Å²) in [6.45, 7) is 0.744. The van der Waals surface area contributed by atoms with Gasteiger partial charge in [-0.2, -0.15) is 0 Å². The van der Waals surface area contributed by atoms with E-state index in [2.05, 4.69) is 11.8 Å². The molecule has 4 nitrogen and oxygen atoms in total. The molecule has 0 heterocycles. The fraction of sp³-hybridized carbons (Fsp3) is 0.400. The van der Waals surface area contributed by atoms with Crippen molar-refractivity contribution in [3.05, 3.63) is 35.4 Å². The van der Waals surface area contributed by atoms with Crippen molar-refractivity contribution >= 4 is 5.91 Å². The number of hydrogen-bond donors (Lipinski definition) is 1. The van der Waals surface area contributed by atoms with Gasteiger partial charge in [0.2, 0.25) is 5.91 Å². The third-order valence-corrected chi connectivity index (χ3v) is 2.60. The van der Waals surface area contributed by atoms with Gasteiger partial charge >= 0.3 is 0 Å². The molecule has 0 saturated heterocycles.